The number of likely N-dealkylation sites (N-methyl/N-ethyl adjacent to an activating group) is 1. The number of nitrogens with zero attached hydrogens (tertiary/aromatic N) is 2. The van der Waals surface area contributed by atoms with Crippen LogP contribution < -0.4 is 0 Å². The summed E-state index contributed by atoms with van der Waals surface area (Å²) in [5, 5.41) is 4.24. The van der Waals surface area contributed by atoms with Gasteiger partial charge >= 0.3 is 0 Å². The summed E-state index contributed by atoms with van der Waals surface area (Å²) < 4.78 is 0. The Labute approximate surface area is 125 Å². The van der Waals surface area contributed by atoms with Gasteiger partial charge in [-0.2, -0.15) is 11.3 Å². The van der Waals surface area contributed by atoms with Gasteiger partial charge in [0.15, 0.2) is 0 Å². The number of rotatable bonds is 7. The smallest absolute Gasteiger partial charge is 0.237 e. The predicted octanol–water partition coefficient (Wildman–Crippen LogP) is 2.97. The Morgan fingerprint density at radius 1 is 1.40 bits per heavy atom. The molecule has 1 unspecified atom stereocenters. The lowest BCUT2D eigenvalue weighted by Crippen LogP contribution is -2.43. The van der Waals surface area contributed by atoms with Gasteiger partial charge in [-0.15, -0.1) is 0 Å². The fourth-order valence-corrected chi connectivity index (χ4v) is 3.43. The average Bonchev–Trinajstić information content (AvgIpc) is 3.34. The molecule has 1 heterocycles. The third-order valence-electron chi connectivity index (χ3n) is 4.63. The summed E-state index contributed by atoms with van der Waals surface area (Å²) in [6.07, 6.45) is 5.03. The maximum absolute atomic E-state index is 12.6. The molecule has 1 aromatic heterocycles. The first-order valence-corrected chi connectivity index (χ1v) is 8.60. The summed E-state index contributed by atoms with van der Waals surface area (Å²) >= 11 is 1.71. The molecule has 0 aliphatic heterocycles. The van der Waals surface area contributed by atoms with Gasteiger partial charge in [-0.25, -0.2) is 0 Å². The standard InChI is InChI=1S/C16H24N2OS/c1-12(14-3-4-14)17(2)10-16(19)18(15-5-6-15)9-13-7-8-20-11-13/h7-8,11-12,14-15H,3-6,9-10H2,1-2H3. The highest BCUT2D eigenvalue weighted by Crippen LogP contribution is 2.35. The molecule has 1 atom stereocenters. The van der Waals surface area contributed by atoms with E-state index in [0.717, 1.165) is 12.5 Å². The lowest BCUT2D eigenvalue weighted by Gasteiger charge is -2.28. The third-order valence-corrected chi connectivity index (χ3v) is 5.36. The lowest BCUT2D eigenvalue weighted by atomic mass is 10.2. The van der Waals surface area contributed by atoms with Gasteiger partial charge in [-0.1, -0.05) is 0 Å². The highest BCUT2D eigenvalue weighted by Gasteiger charge is 2.35. The molecule has 2 aliphatic rings. The number of thiophene rings is 1. The molecule has 0 radical (unpaired) electrons. The van der Waals surface area contributed by atoms with Crippen LogP contribution in [0.1, 0.15) is 38.2 Å². The van der Waals surface area contributed by atoms with Crippen molar-refractivity contribution < 1.29 is 4.79 Å². The van der Waals surface area contributed by atoms with E-state index in [-0.39, 0.29) is 0 Å². The minimum atomic E-state index is 0.300. The van der Waals surface area contributed by atoms with E-state index in [4.69, 9.17) is 0 Å². The zero-order chi connectivity index (χ0) is 14.1. The zero-order valence-electron chi connectivity index (χ0n) is 12.4. The highest BCUT2D eigenvalue weighted by molar-refractivity contribution is 7.07. The summed E-state index contributed by atoms with van der Waals surface area (Å²) in [6, 6.07) is 3.16. The van der Waals surface area contributed by atoms with Crippen molar-refractivity contribution in [3.63, 3.8) is 0 Å². The Kier molecular flexibility index (Phi) is 4.13. The first kappa shape index (κ1) is 14.1. The molecule has 2 aliphatic carbocycles. The van der Waals surface area contributed by atoms with E-state index >= 15 is 0 Å². The molecule has 0 N–H and O–H groups in total. The van der Waals surface area contributed by atoms with Crippen molar-refractivity contribution >= 4 is 17.2 Å². The molecule has 1 aromatic rings. The monoisotopic (exact) mass is 292 g/mol. The van der Waals surface area contributed by atoms with Crippen LogP contribution in [0.5, 0.6) is 0 Å². The van der Waals surface area contributed by atoms with E-state index in [9.17, 15) is 4.79 Å². The van der Waals surface area contributed by atoms with Gasteiger partial charge in [-0.05, 0) is 68.0 Å². The van der Waals surface area contributed by atoms with E-state index in [1.807, 2.05) is 0 Å². The van der Waals surface area contributed by atoms with Crippen molar-refractivity contribution in [2.45, 2.75) is 51.2 Å². The van der Waals surface area contributed by atoms with Crippen molar-refractivity contribution in [3.05, 3.63) is 22.4 Å². The minimum absolute atomic E-state index is 0.300. The highest BCUT2D eigenvalue weighted by atomic mass is 32.1. The molecule has 3 nitrogen and oxygen atoms in total. The second-order valence-electron chi connectivity index (χ2n) is 6.38. The molecule has 4 heteroatoms. The van der Waals surface area contributed by atoms with Crippen LogP contribution in [-0.2, 0) is 11.3 Å². The SMILES string of the molecule is CC(C1CC1)N(C)CC(=O)N(Cc1ccsc1)C1CC1. The number of hydrogen-bond donors (Lipinski definition) is 0. The fraction of sp³-hybridized carbons (Fsp3) is 0.688. The van der Waals surface area contributed by atoms with Gasteiger partial charge in [0.05, 0.1) is 6.54 Å². The first-order valence-electron chi connectivity index (χ1n) is 7.66. The molecular weight excluding hydrogens is 268 g/mol. The van der Waals surface area contributed by atoms with Crippen molar-refractivity contribution in [2.24, 2.45) is 5.92 Å². The Bertz CT molecular complexity index is 451. The fourth-order valence-electron chi connectivity index (χ4n) is 2.77. The van der Waals surface area contributed by atoms with Gasteiger partial charge in [0.2, 0.25) is 5.91 Å². The molecule has 110 valence electrons. The summed E-state index contributed by atoms with van der Waals surface area (Å²) in [6.45, 7) is 3.61. The molecule has 0 aromatic carbocycles. The van der Waals surface area contributed by atoms with Gasteiger partial charge < -0.3 is 4.90 Å². The second-order valence-corrected chi connectivity index (χ2v) is 7.16. The van der Waals surface area contributed by atoms with E-state index in [2.05, 4.69) is 40.6 Å². The van der Waals surface area contributed by atoms with E-state index < -0.39 is 0 Å². The molecule has 20 heavy (non-hydrogen) atoms. The average molecular weight is 292 g/mol. The molecule has 3 rings (SSSR count). The maximum Gasteiger partial charge on any atom is 0.237 e. The maximum atomic E-state index is 12.6. The number of hydrogen-bond acceptors (Lipinski definition) is 3. The first-order chi connectivity index (χ1) is 9.65. The van der Waals surface area contributed by atoms with Gasteiger partial charge in [-0.3, -0.25) is 9.69 Å². The molecule has 2 saturated carbocycles. The second kappa shape index (κ2) is 5.86. The number of carbonyl (C=O) groups excluding carboxylic acids is 1. The molecule has 2 fully saturated rings. The van der Waals surface area contributed by atoms with Crippen LogP contribution in [0.15, 0.2) is 16.8 Å². The molecule has 0 bridgehead atoms. The van der Waals surface area contributed by atoms with Gasteiger partial charge in [0.25, 0.3) is 0 Å². The summed E-state index contributed by atoms with van der Waals surface area (Å²) in [5.74, 6) is 1.12. The number of amides is 1. The Balaban J connectivity index is 1.57. The lowest BCUT2D eigenvalue weighted by molar-refractivity contribution is -0.133. The Morgan fingerprint density at radius 2 is 2.15 bits per heavy atom. The number of carbonyl (C=O) groups is 1. The van der Waals surface area contributed by atoms with Crippen molar-refractivity contribution in [3.8, 4) is 0 Å². The predicted molar refractivity (Wildman–Crippen MR) is 82.7 cm³/mol. The molecule has 0 saturated heterocycles. The van der Waals surface area contributed by atoms with Crippen LogP contribution in [0.25, 0.3) is 0 Å². The van der Waals surface area contributed by atoms with Crippen LogP contribution in [0.4, 0.5) is 0 Å². The van der Waals surface area contributed by atoms with Crippen LogP contribution in [0.3, 0.4) is 0 Å². The summed E-state index contributed by atoms with van der Waals surface area (Å²) in [4.78, 5) is 16.9. The van der Waals surface area contributed by atoms with E-state index in [0.29, 0.717) is 24.5 Å². The van der Waals surface area contributed by atoms with Crippen LogP contribution >= 0.6 is 11.3 Å². The largest absolute Gasteiger partial charge is 0.334 e. The molecule has 1 amide bonds. The topological polar surface area (TPSA) is 23.6 Å². The van der Waals surface area contributed by atoms with Crippen molar-refractivity contribution in [2.75, 3.05) is 13.6 Å². The van der Waals surface area contributed by atoms with Crippen molar-refractivity contribution in [1.29, 1.82) is 0 Å². The molecule has 0 spiro atoms. The van der Waals surface area contributed by atoms with Crippen LogP contribution in [0.2, 0.25) is 0 Å². The summed E-state index contributed by atoms with van der Waals surface area (Å²) in [5.41, 5.74) is 1.27. The molecular formula is C16H24N2OS. The normalized spacial score (nSPS) is 20.1. The minimum Gasteiger partial charge on any atom is -0.334 e. The van der Waals surface area contributed by atoms with E-state index in [1.165, 1.54) is 31.2 Å². The van der Waals surface area contributed by atoms with Gasteiger partial charge in [0.1, 0.15) is 0 Å². The third kappa shape index (κ3) is 3.41. The zero-order valence-corrected chi connectivity index (χ0v) is 13.2. The van der Waals surface area contributed by atoms with Crippen molar-refractivity contribution in [1.82, 2.24) is 9.80 Å². The van der Waals surface area contributed by atoms with Crippen LogP contribution in [0, 0.1) is 5.92 Å². The summed E-state index contributed by atoms with van der Waals surface area (Å²) in [7, 11) is 2.09. The van der Waals surface area contributed by atoms with Gasteiger partial charge in [0, 0.05) is 18.6 Å². The Morgan fingerprint density at radius 3 is 2.70 bits per heavy atom. The quantitative estimate of drug-likeness (QED) is 0.771. The van der Waals surface area contributed by atoms with E-state index in [1.54, 1.807) is 11.3 Å². The van der Waals surface area contributed by atoms with Crippen LogP contribution in [-0.4, -0.2) is 41.4 Å². The Hall–Kier alpha value is -0.870.